The Morgan fingerprint density at radius 3 is 1.59 bits per heavy atom. The Kier molecular flexibility index (Phi) is 9.03. The minimum absolute atomic E-state index is 0.216. The van der Waals surface area contributed by atoms with E-state index in [9.17, 15) is 44.7 Å². The molecular weight excluding hydrogens is 422 g/mol. The van der Waals surface area contributed by atoms with Crippen LogP contribution in [-0.4, -0.2) is 95.3 Å². The van der Waals surface area contributed by atoms with Gasteiger partial charge in [0.05, 0.1) is 6.61 Å². The molecule has 0 aromatic rings. The molecule has 0 amide bonds. The fraction of sp³-hybridized carbons (Fsp3) is 0.818. The van der Waals surface area contributed by atoms with Crippen molar-refractivity contribution in [2.75, 3.05) is 13.2 Å². The van der Waals surface area contributed by atoms with Gasteiger partial charge in [-0.1, -0.05) is 39.0 Å². The van der Waals surface area contributed by atoms with Gasteiger partial charge in [0.15, 0.2) is 28.7 Å². The lowest BCUT2D eigenvalue weighted by Gasteiger charge is -2.65. The van der Waals surface area contributed by atoms with Crippen LogP contribution in [0.5, 0.6) is 0 Å². The average molecular weight is 460 g/mol. The number of carbonyl (C=O) groups is 4. The van der Waals surface area contributed by atoms with Gasteiger partial charge in [-0.15, -0.1) is 0 Å². The third-order valence-corrected chi connectivity index (χ3v) is 6.95. The highest BCUT2D eigenvalue weighted by Crippen LogP contribution is 2.52. The van der Waals surface area contributed by atoms with Gasteiger partial charge in [0.2, 0.25) is 11.2 Å². The summed E-state index contributed by atoms with van der Waals surface area (Å²) in [6, 6.07) is 0. The predicted molar refractivity (Wildman–Crippen MR) is 113 cm³/mol. The van der Waals surface area contributed by atoms with Gasteiger partial charge in [-0.2, -0.15) is 0 Å². The summed E-state index contributed by atoms with van der Waals surface area (Å²) >= 11 is 0. The maximum absolute atomic E-state index is 12.9. The molecule has 0 radical (unpaired) electrons. The van der Waals surface area contributed by atoms with Crippen LogP contribution in [0.2, 0.25) is 0 Å². The molecular formula is C22H37NO9. The summed E-state index contributed by atoms with van der Waals surface area (Å²) in [5, 5.41) is 55.6. The molecule has 1 rings (SSSR count). The van der Waals surface area contributed by atoms with Crippen LogP contribution in [0.3, 0.4) is 0 Å². The fourth-order valence-electron chi connectivity index (χ4n) is 5.06. The van der Waals surface area contributed by atoms with E-state index in [0.29, 0.717) is 19.8 Å². The zero-order chi connectivity index (χ0) is 25.1. The van der Waals surface area contributed by atoms with Gasteiger partial charge in [0, 0.05) is 6.54 Å². The van der Waals surface area contributed by atoms with Crippen LogP contribution in [0.1, 0.15) is 73.1 Å². The molecule has 0 aromatic carbocycles. The van der Waals surface area contributed by atoms with Gasteiger partial charge in [0.1, 0.15) is 11.8 Å². The second-order valence-corrected chi connectivity index (χ2v) is 8.77. The maximum atomic E-state index is 12.9. The molecule has 1 aliphatic heterocycles. The van der Waals surface area contributed by atoms with Crippen LogP contribution in [-0.2, 0) is 19.2 Å². The van der Waals surface area contributed by atoms with Crippen LogP contribution >= 0.6 is 0 Å². The van der Waals surface area contributed by atoms with Crippen LogP contribution in [0, 0.1) is 0 Å². The summed E-state index contributed by atoms with van der Waals surface area (Å²) in [5.41, 5.74) is -13.1. The van der Waals surface area contributed by atoms with Crippen LogP contribution in [0.4, 0.5) is 0 Å². The highest BCUT2D eigenvalue weighted by Gasteiger charge is 2.84. The van der Waals surface area contributed by atoms with Gasteiger partial charge >= 0.3 is 0 Å². The number of aliphatic hydroxyl groups excluding tert-OH is 2. The lowest BCUT2D eigenvalue weighted by Crippen LogP contribution is -2.95. The highest BCUT2D eigenvalue weighted by molar-refractivity contribution is 6.10. The van der Waals surface area contributed by atoms with Crippen LogP contribution in [0.15, 0.2) is 0 Å². The van der Waals surface area contributed by atoms with Crippen molar-refractivity contribution < 1.29 is 44.7 Å². The monoisotopic (exact) mass is 459 g/mol. The van der Waals surface area contributed by atoms with Crippen molar-refractivity contribution in [2.24, 2.45) is 0 Å². The molecule has 5 atom stereocenters. The number of piperidine rings is 1. The van der Waals surface area contributed by atoms with Crippen LogP contribution in [0.25, 0.3) is 0 Å². The molecule has 10 nitrogen and oxygen atoms in total. The van der Waals surface area contributed by atoms with Crippen molar-refractivity contribution in [3.63, 3.8) is 0 Å². The van der Waals surface area contributed by atoms with Crippen molar-refractivity contribution in [2.45, 2.75) is 102 Å². The molecule has 1 unspecified atom stereocenters. The molecule has 0 saturated carbocycles. The van der Waals surface area contributed by atoms with Crippen molar-refractivity contribution in [1.29, 1.82) is 0 Å². The molecule has 0 aliphatic carbocycles. The zero-order valence-corrected chi connectivity index (χ0v) is 19.6. The molecule has 1 aliphatic rings. The van der Waals surface area contributed by atoms with Gasteiger partial charge in [-0.25, -0.2) is 0 Å². The van der Waals surface area contributed by atoms with E-state index < -0.39 is 58.3 Å². The number of carbonyl (C=O) groups excluding carboxylic acids is 4. The molecule has 10 heteroatoms. The summed E-state index contributed by atoms with van der Waals surface area (Å²) in [5.74, 6) is -5.09. The van der Waals surface area contributed by atoms with E-state index in [2.05, 4.69) is 0 Å². The van der Waals surface area contributed by atoms with E-state index in [1.165, 1.54) is 0 Å². The summed E-state index contributed by atoms with van der Waals surface area (Å²) in [6.07, 6.45) is 2.35. The lowest BCUT2D eigenvalue weighted by molar-refractivity contribution is -0.333. The van der Waals surface area contributed by atoms with Crippen molar-refractivity contribution in [3.8, 4) is 0 Å². The number of rotatable bonds is 12. The molecule has 1 saturated heterocycles. The number of ketones is 4. The number of Topliss-reactive ketones (excluding diaryl/α,β-unsaturated/α-hetero) is 4. The molecule has 1 heterocycles. The SMILES string of the molecule is CCCCCCCCN1C(O)[C@](O)(C(C)=O)[C@](O)(C(C)=O)[C@@](O)(C(C)=O)[C@]1(CO)C(C)=O. The summed E-state index contributed by atoms with van der Waals surface area (Å²) in [4.78, 5) is 51.5. The number of likely N-dealkylation sites (tertiary alicyclic amines) is 1. The third-order valence-electron chi connectivity index (χ3n) is 6.95. The number of hydrogen-bond donors (Lipinski definition) is 5. The Labute approximate surface area is 188 Å². The number of hydrogen-bond acceptors (Lipinski definition) is 10. The van der Waals surface area contributed by atoms with Crippen molar-refractivity contribution >= 4 is 23.1 Å². The molecule has 1 fully saturated rings. The lowest BCUT2D eigenvalue weighted by atomic mass is 9.52. The smallest absolute Gasteiger partial charge is 0.201 e. The van der Waals surface area contributed by atoms with Crippen molar-refractivity contribution in [3.05, 3.63) is 0 Å². The fourth-order valence-corrected chi connectivity index (χ4v) is 5.06. The summed E-state index contributed by atoms with van der Waals surface area (Å²) in [7, 11) is 0. The first-order valence-corrected chi connectivity index (χ1v) is 11.0. The van der Waals surface area contributed by atoms with Crippen molar-refractivity contribution in [1.82, 2.24) is 4.90 Å². The quantitative estimate of drug-likeness (QED) is 0.234. The first-order valence-electron chi connectivity index (χ1n) is 11.0. The minimum Gasteiger partial charge on any atom is -0.394 e. The van der Waals surface area contributed by atoms with Gasteiger partial charge in [-0.05, 0) is 34.1 Å². The minimum atomic E-state index is -3.61. The summed E-state index contributed by atoms with van der Waals surface area (Å²) in [6.45, 7) is 3.74. The molecule has 0 spiro atoms. The zero-order valence-electron chi connectivity index (χ0n) is 19.6. The standard InChI is InChI=1S/C22H37NO9/c1-6-7-8-9-10-11-12-23-18(29)20(30,15(3)26)22(32,17(5)28)21(31,16(4)27)19(23,13-24)14(2)25/h18,24,29-32H,6-13H2,1-5H3/t18?,19-,20+,21+,22+/m0/s1. The van der Waals surface area contributed by atoms with E-state index in [1.807, 2.05) is 6.92 Å². The summed E-state index contributed by atoms with van der Waals surface area (Å²) < 4.78 is 0. The number of unbranched alkanes of at least 4 members (excludes halogenated alkanes) is 5. The second-order valence-electron chi connectivity index (χ2n) is 8.77. The predicted octanol–water partition coefficient (Wildman–Crippen LogP) is -0.739. The number of nitrogens with zero attached hydrogens (tertiary/aromatic N) is 1. The third kappa shape index (κ3) is 3.66. The average Bonchev–Trinajstić information content (AvgIpc) is 2.71. The van der Waals surface area contributed by atoms with Crippen LogP contribution < -0.4 is 0 Å². The number of aliphatic hydroxyl groups is 5. The van der Waals surface area contributed by atoms with Gasteiger partial charge in [0.25, 0.3) is 0 Å². The largest absolute Gasteiger partial charge is 0.394 e. The second kappa shape index (κ2) is 10.1. The molecule has 0 bridgehead atoms. The molecule has 0 aromatic heterocycles. The molecule has 32 heavy (non-hydrogen) atoms. The molecule has 184 valence electrons. The first kappa shape index (κ1) is 28.5. The van der Waals surface area contributed by atoms with Gasteiger partial charge in [-0.3, -0.25) is 24.1 Å². The first-order chi connectivity index (χ1) is 14.7. The Bertz CT molecular complexity index is 756. The van der Waals surface area contributed by atoms with E-state index in [4.69, 9.17) is 0 Å². The highest BCUT2D eigenvalue weighted by atomic mass is 16.4. The Hall–Kier alpha value is -1.56. The molecule has 5 N–H and O–H groups in total. The topological polar surface area (TPSA) is 173 Å². The van der Waals surface area contributed by atoms with E-state index in [0.717, 1.165) is 51.4 Å². The van der Waals surface area contributed by atoms with E-state index in [1.54, 1.807) is 0 Å². The Morgan fingerprint density at radius 2 is 1.22 bits per heavy atom. The van der Waals surface area contributed by atoms with Gasteiger partial charge < -0.3 is 25.5 Å². The Morgan fingerprint density at radius 1 is 0.750 bits per heavy atom. The van der Waals surface area contributed by atoms with E-state index in [-0.39, 0.29) is 6.54 Å². The van der Waals surface area contributed by atoms with E-state index >= 15 is 0 Å². The Balaban J connectivity index is 3.79. The maximum Gasteiger partial charge on any atom is 0.201 e. The normalized spacial score (nSPS) is 35.5.